The molecular weight excluding hydrogens is 453 g/mol. The van der Waals surface area contributed by atoms with Crippen molar-refractivity contribution in [1.82, 2.24) is 0 Å². The molecule has 0 aliphatic carbocycles. The van der Waals surface area contributed by atoms with Crippen molar-refractivity contribution in [3.63, 3.8) is 0 Å². The van der Waals surface area contributed by atoms with Gasteiger partial charge in [0.2, 0.25) is 6.79 Å². The quantitative estimate of drug-likeness (QED) is 0.555. The van der Waals surface area contributed by atoms with E-state index < -0.39 is 12.2 Å². The number of halogens is 1. The van der Waals surface area contributed by atoms with Crippen molar-refractivity contribution in [2.45, 2.75) is 18.9 Å². The number of carbonyl (C=O) groups excluding carboxylic acids is 1. The molecule has 0 saturated heterocycles. The number of aliphatic hydroxyl groups excluding tert-OH is 1. The van der Waals surface area contributed by atoms with Gasteiger partial charge in [0.05, 0.1) is 0 Å². The molecule has 0 unspecified atom stereocenters. The Hall–Kier alpha value is -2.20. The number of anilines is 1. The van der Waals surface area contributed by atoms with Gasteiger partial charge >= 0.3 is 6.09 Å². The van der Waals surface area contributed by atoms with E-state index in [1.807, 2.05) is 0 Å². The molecule has 7 nitrogen and oxygen atoms in total. The second-order valence-corrected chi connectivity index (χ2v) is 6.90. The molecule has 1 aliphatic rings. The molecule has 1 aliphatic heterocycles. The number of ether oxygens (including phenoxy) is 3. The van der Waals surface area contributed by atoms with Crippen molar-refractivity contribution >= 4 is 34.4 Å². The molecule has 2 aromatic rings. The lowest BCUT2D eigenvalue weighted by Crippen LogP contribution is -2.18. The van der Waals surface area contributed by atoms with Crippen LogP contribution in [0.1, 0.15) is 24.5 Å². The van der Waals surface area contributed by atoms with E-state index in [0.29, 0.717) is 35.6 Å². The smallest absolute Gasteiger partial charge is 0.412 e. The zero-order valence-corrected chi connectivity index (χ0v) is 15.9. The molecule has 1 atom stereocenters. The summed E-state index contributed by atoms with van der Waals surface area (Å²) in [6.45, 7) is 0.118. The number of hydrogen-bond donors (Lipinski definition) is 3. The zero-order chi connectivity index (χ0) is 18.5. The number of phenols is 1. The lowest BCUT2D eigenvalue weighted by atomic mass is 10.0. The van der Waals surface area contributed by atoms with E-state index in [1.165, 1.54) is 0 Å². The van der Waals surface area contributed by atoms with E-state index in [4.69, 9.17) is 19.3 Å². The highest BCUT2D eigenvalue weighted by Gasteiger charge is 2.21. The predicted molar refractivity (Wildman–Crippen MR) is 103 cm³/mol. The van der Waals surface area contributed by atoms with Crippen LogP contribution in [-0.4, -0.2) is 29.7 Å². The number of phenolic OH excluding ortho intramolecular Hbond substituents is 1. The zero-order valence-electron chi connectivity index (χ0n) is 13.8. The minimum Gasteiger partial charge on any atom is -0.508 e. The van der Waals surface area contributed by atoms with Crippen LogP contribution in [0.4, 0.5) is 10.5 Å². The Balaban J connectivity index is 1.71. The average molecular weight is 471 g/mol. The third-order valence-electron chi connectivity index (χ3n) is 3.83. The van der Waals surface area contributed by atoms with Crippen LogP contribution < -0.4 is 14.8 Å². The first-order valence-corrected chi connectivity index (χ1v) is 9.11. The number of aromatic hydroxyl groups is 1. The van der Waals surface area contributed by atoms with E-state index in [2.05, 4.69) is 27.9 Å². The summed E-state index contributed by atoms with van der Waals surface area (Å²) in [6, 6.07) is 10.1. The lowest BCUT2D eigenvalue weighted by molar-refractivity contribution is 0.0979. The van der Waals surface area contributed by atoms with Crippen LogP contribution in [0.5, 0.6) is 17.2 Å². The summed E-state index contributed by atoms with van der Waals surface area (Å²) in [6.07, 6.45) is -0.512. The Morgan fingerprint density at radius 2 is 2.04 bits per heavy atom. The van der Waals surface area contributed by atoms with Gasteiger partial charge < -0.3 is 24.4 Å². The standard InChI is InChI=1S/C18H18INO6/c19-11-3-5-14(22)13(8-11)15(2-1-7-21)26-18(23)20-12-4-6-16-17(9-12)25-10-24-16/h3-6,8-9,15,21-22H,1-2,7,10H2,(H,20,23)/t15-/m1/s1. The van der Waals surface area contributed by atoms with Gasteiger partial charge in [-0.3, -0.25) is 5.32 Å². The summed E-state index contributed by atoms with van der Waals surface area (Å²) in [7, 11) is 0. The number of nitrogens with one attached hydrogen (secondary N) is 1. The van der Waals surface area contributed by atoms with Gasteiger partial charge in [-0.25, -0.2) is 4.79 Å². The first kappa shape index (κ1) is 18.6. The Morgan fingerprint density at radius 1 is 1.23 bits per heavy atom. The summed E-state index contributed by atoms with van der Waals surface area (Å²) in [5.74, 6) is 1.22. The molecule has 8 heteroatoms. The summed E-state index contributed by atoms with van der Waals surface area (Å²) < 4.78 is 16.9. The maximum atomic E-state index is 12.3. The number of hydrogen-bond acceptors (Lipinski definition) is 6. The first-order valence-electron chi connectivity index (χ1n) is 8.03. The Bertz CT molecular complexity index is 797. The van der Waals surface area contributed by atoms with E-state index in [1.54, 1.807) is 36.4 Å². The summed E-state index contributed by atoms with van der Waals surface area (Å²) in [5, 5.41) is 21.8. The fraction of sp³-hybridized carbons (Fsp3) is 0.278. The number of amides is 1. The maximum absolute atomic E-state index is 12.3. The van der Waals surface area contributed by atoms with Gasteiger partial charge in [-0.2, -0.15) is 0 Å². The van der Waals surface area contributed by atoms with Crippen molar-refractivity contribution in [3.8, 4) is 17.2 Å². The summed E-state index contributed by atoms with van der Waals surface area (Å²) >= 11 is 2.12. The molecule has 3 N–H and O–H groups in total. The third kappa shape index (κ3) is 4.50. The first-order chi connectivity index (χ1) is 12.6. The van der Waals surface area contributed by atoms with Gasteiger partial charge in [0.15, 0.2) is 11.5 Å². The van der Waals surface area contributed by atoms with Crippen molar-refractivity contribution in [2.24, 2.45) is 0 Å². The van der Waals surface area contributed by atoms with Crippen molar-refractivity contribution in [1.29, 1.82) is 0 Å². The van der Waals surface area contributed by atoms with Gasteiger partial charge in [-0.15, -0.1) is 0 Å². The van der Waals surface area contributed by atoms with Gasteiger partial charge in [-0.05, 0) is 65.8 Å². The Labute approximate surface area is 164 Å². The molecule has 0 bridgehead atoms. The number of rotatable bonds is 6. The molecule has 0 radical (unpaired) electrons. The maximum Gasteiger partial charge on any atom is 0.412 e. The van der Waals surface area contributed by atoms with E-state index in [-0.39, 0.29) is 19.1 Å². The molecule has 0 saturated carbocycles. The van der Waals surface area contributed by atoms with Crippen LogP contribution in [-0.2, 0) is 4.74 Å². The van der Waals surface area contributed by atoms with Crippen LogP contribution >= 0.6 is 22.6 Å². The van der Waals surface area contributed by atoms with E-state index in [0.717, 1.165) is 3.57 Å². The molecule has 0 spiro atoms. The van der Waals surface area contributed by atoms with Crippen LogP contribution in [0.3, 0.4) is 0 Å². The minimum atomic E-state index is -0.675. The lowest BCUT2D eigenvalue weighted by Gasteiger charge is -2.19. The van der Waals surface area contributed by atoms with Gasteiger partial charge in [-0.1, -0.05) is 0 Å². The molecule has 1 heterocycles. The van der Waals surface area contributed by atoms with Gasteiger partial charge in [0.25, 0.3) is 0 Å². The molecule has 3 rings (SSSR count). The Kier molecular flexibility index (Phi) is 6.04. The molecule has 2 aromatic carbocycles. The fourth-order valence-electron chi connectivity index (χ4n) is 2.59. The minimum absolute atomic E-state index is 0.0334. The number of benzene rings is 2. The molecule has 0 aromatic heterocycles. The second-order valence-electron chi connectivity index (χ2n) is 5.66. The van der Waals surface area contributed by atoms with Crippen molar-refractivity contribution in [2.75, 3.05) is 18.7 Å². The number of carbonyl (C=O) groups is 1. The molecular formula is C18H18INO6. The second kappa shape index (κ2) is 8.45. The van der Waals surface area contributed by atoms with E-state index >= 15 is 0 Å². The number of aliphatic hydroxyl groups is 1. The molecule has 138 valence electrons. The SMILES string of the molecule is O=C(Nc1ccc2c(c1)OCO2)O[C@H](CCCO)c1cc(I)ccc1O. The van der Waals surface area contributed by atoms with Crippen LogP contribution in [0, 0.1) is 3.57 Å². The molecule has 0 fully saturated rings. The van der Waals surface area contributed by atoms with Crippen molar-refractivity contribution in [3.05, 3.63) is 45.5 Å². The highest BCUT2D eigenvalue weighted by Crippen LogP contribution is 2.35. The third-order valence-corrected chi connectivity index (χ3v) is 4.50. The van der Waals surface area contributed by atoms with Crippen molar-refractivity contribution < 1.29 is 29.2 Å². The van der Waals surface area contributed by atoms with Crippen LogP contribution in [0.25, 0.3) is 0 Å². The largest absolute Gasteiger partial charge is 0.508 e. The number of fused-ring (bicyclic) bond motifs is 1. The predicted octanol–water partition coefficient (Wildman–Crippen LogP) is 3.79. The molecule has 1 amide bonds. The molecule has 26 heavy (non-hydrogen) atoms. The van der Waals surface area contributed by atoms with Crippen LogP contribution in [0.2, 0.25) is 0 Å². The summed E-state index contributed by atoms with van der Waals surface area (Å²) in [4.78, 5) is 12.3. The Morgan fingerprint density at radius 3 is 2.85 bits per heavy atom. The normalized spacial score (nSPS) is 13.3. The van der Waals surface area contributed by atoms with Gasteiger partial charge in [0.1, 0.15) is 11.9 Å². The van der Waals surface area contributed by atoms with E-state index in [9.17, 15) is 9.90 Å². The fourth-order valence-corrected chi connectivity index (χ4v) is 3.10. The topological polar surface area (TPSA) is 97.3 Å². The summed E-state index contributed by atoms with van der Waals surface area (Å²) in [5.41, 5.74) is 1.01. The van der Waals surface area contributed by atoms with Crippen LogP contribution in [0.15, 0.2) is 36.4 Å². The average Bonchev–Trinajstić information content (AvgIpc) is 3.08. The highest BCUT2D eigenvalue weighted by atomic mass is 127. The highest BCUT2D eigenvalue weighted by molar-refractivity contribution is 14.1. The monoisotopic (exact) mass is 471 g/mol. The van der Waals surface area contributed by atoms with Gasteiger partial charge in [0, 0.05) is 27.5 Å².